The van der Waals surface area contributed by atoms with Crippen LogP contribution in [-0.2, 0) is 19.1 Å². The first-order chi connectivity index (χ1) is 17.2. The van der Waals surface area contributed by atoms with Crippen molar-refractivity contribution in [1.29, 1.82) is 0 Å². The molecule has 2 saturated heterocycles. The van der Waals surface area contributed by atoms with Gasteiger partial charge in [0.2, 0.25) is 11.8 Å². The number of thioether (sulfide) groups is 1. The molecule has 2 aliphatic heterocycles. The Morgan fingerprint density at radius 1 is 0.919 bits per heavy atom. The average Bonchev–Trinajstić information content (AvgIpc) is 3.32. The van der Waals surface area contributed by atoms with Gasteiger partial charge in [-0.3, -0.25) is 9.59 Å². The van der Waals surface area contributed by atoms with Gasteiger partial charge in [0.05, 0.1) is 36.5 Å². The Labute approximate surface area is 227 Å². The van der Waals surface area contributed by atoms with Gasteiger partial charge in [-0.15, -0.1) is 0 Å². The van der Waals surface area contributed by atoms with Gasteiger partial charge >= 0.3 is 6.03 Å². The van der Waals surface area contributed by atoms with Crippen molar-refractivity contribution in [2.45, 2.75) is 116 Å². The van der Waals surface area contributed by atoms with Gasteiger partial charge in [-0.2, -0.15) is 11.8 Å². The lowest BCUT2D eigenvalue weighted by Crippen LogP contribution is -2.38. The van der Waals surface area contributed by atoms with E-state index in [0.29, 0.717) is 38.0 Å². The van der Waals surface area contributed by atoms with Crippen molar-refractivity contribution >= 4 is 29.6 Å². The summed E-state index contributed by atoms with van der Waals surface area (Å²) in [6.07, 6.45) is 4.85. The number of urea groups is 1. The van der Waals surface area contributed by atoms with Crippen molar-refractivity contribution in [3.8, 4) is 0 Å². The monoisotopic (exact) mass is 542 g/mol. The van der Waals surface area contributed by atoms with Crippen LogP contribution < -0.4 is 21.3 Å². The van der Waals surface area contributed by atoms with E-state index >= 15 is 0 Å². The normalized spacial score (nSPS) is 21.8. The van der Waals surface area contributed by atoms with E-state index in [4.69, 9.17) is 9.47 Å². The van der Waals surface area contributed by atoms with E-state index in [1.54, 1.807) is 0 Å². The van der Waals surface area contributed by atoms with Crippen LogP contribution in [0, 0.1) is 5.41 Å². The maximum Gasteiger partial charge on any atom is 0.315 e. The van der Waals surface area contributed by atoms with E-state index in [0.717, 1.165) is 37.9 Å². The Bertz CT molecular complexity index is 768. The summed E-state index contributed by atoms with van der Waals surface area (Å²) in [6.45, 7) is 15.9. The third-order valence-electron chi connectivity index (χ3n) is 6.89. The van der Waals surface area contributed by atoms with Crippen LogP contribution in [0.15, 0.2) is 0 Å². The summed E-state index contributed by atoms with van der Waals surface area (Å²) in [6, 6.07) is 0.427. The molecule has 9 nitrogen and oxygen atoms in total. The molecule has 0 radical (unpaired) electrons. The van der Waals surface area contributed by atoms with Crippen LogP contribution in [0.2, 0.25) is 0 Å². The molecule has 0 saturated carbocycles. The predicted molar refractivity (Wildman–Crippen MR) is 149 cm³/mol. The maximum absolute atomic E-state index is 12.3. The molecule has 0 bridgehead atoms. The van der Waals surface area contributed by atoms with Crippen molar-refractivity contribution in [2.75, 3.05) is 32.1 Å². The summed E-state index contributed by atoms with van der Waals surface area (Å²) in [5, 5.41) is 12.3. The van der Waals surface area contributed by atoms with Gasteiger partial charge in [0, 0.05) is 35.9 Å². The van der Waals surface area contributed by atoms with Crippen LogP contribution >= 0.6 is 11.8 Å². The number of nitrogens with one attached hydrogen (secondary N) is 4. The molecule has 4 N–H and O–H groups in total. The number of fused-ring (bicyclic) bond motifs is 1. The molecule has 2 fully saturated rings. The third-order valence-corrected chi connectivity index (χ3v) is 8.40. The molecular formula is C27H50N4O5S. The standard InChI is InChI=1S/C27H50N4O5S/c1-25(2,3)23(33)29-15-17-36-27(6,7)13-16-35-26(4,5)12-14-28-21(32)11-9-8-10-20-22-19(18-37-20)30-24(34)31-22/h19-20,22H,8-18H2,1-7H3,(H,28,32)(H,29,33)(H2,30,31,34)/t19-,20-,22-/m0/s1. The highest BCUT2D eigenvalue weighted by Gasteiger charge is 2.42. The second-order valence-electron chi connectivity index (χ2n) is 12.4. The van der Waals surface area contributed by atoms with E-state index in [1.807, 2.05) is 60.2 Å². The summed E-state index contributed by atoms with van der Waals surface area (Å²) in [4.78, 5) is 35.7. The molecule has 3 atom stereocenters. The fourth-order valence-corrected chi connectivity index (χ4v) is 5.88. The quantitative estimate of drug-likeness (QED) is 0.176. The molecule has 4 amide bonds. The van der Waals surface area contributed by atoms with Gasteiger partial charge in [-0.05, 0) is 53.4 Å². The second-order valence-corrected chi connectivity index (χ2v) is 13.7. The van der Waals surface area contributed by atoms with Gasteiger partial charge in [0.15, 0.2) is 0 Å². The van der Waals surface area contributed by atoms with Gasteiger partial charge in [0.25, 0.3) is 0 Å². The first-order valence-electron chi connectivity index (χ1n) is 13.7. The minimum Gasteiger partial charge on any atom is -0.375 e. The Hall–Kier alpha value is -1.52. The van der Waals surface area contributed by atoms with Gasteiger partial charge < -0.3 is 30.7 Å². The number of ether oxygens (including phenoxy) is 2. The zero-order valence-corrected chi connectivity index (χ0v) is 24.8. The van der Waals surface area contributed by atoms with Crippen LogP contribution in [0.1, 0.15) is 87.0 Å². The Balaban J connectivity index is 1.51. The first-order valence-corrected chi connectivity index (χ1v) is 14.7. The van der Waals surface area contributed by atoms with Crippen molar-refractivity contribution in [3.05, 3.63) is 0 Å². The maximum atomic E-state index is 12.3. The third kappa shape index (κ3) is 11.8. The van der Waals surface area contributed by atoms with Gasteiger partial charge in [-0.25, -0.2) is 4.79 Å². The lowest BCUT2D eigenvalue weighted by molar-refractivity contribution is -0.129. The summed E-state index contributed by atoms with van der Waals surface area (Å²) in [7, 11) is 0. The second kappa shape index (κ2) is 14.0. The van der Waals surface area contributed by atoms with Crippen LogP contribution in [-0.4, -0.2) is 78.4 Å². The van der Waals surface area contributed by atoms with Crippen LogP contribution in [0.5, 0.6) is 0 Å². The molecule has 0 aromatic carbocycles. The highest BCUT2D eigenvalue weighted by atomic mass is 32.2. The summed E-state index contributed by atoms with van der Waals surface area (Å²) >= 11 is 1.91. The Morgan fingerprint density at radius 2 is 1.59 bits per heavy atom. The van der Waals surface area contributed by atoms with Crippen molar-refractivity contribution < 1.29 is 23.9 Å². The smallest absolute Gasteiger partial charge is 0.315 e. The molecule has 10 heteroatoms. The number of amides is 4. The first kappa shape index (κ1) is 31.7. The van der Waals surface area contributed by atoms with E-state index in [9.17, 15) is 14.4 Å². The minimum atomic E-state index is -0.401. The highest BCUT2D eigenvalue weighted by molar-refractivity contribution is 8.00. The topological polar surface area (TPSA) is 118 Å². The summed E-state index contributed by atoms with van der Waals surface area (Å²) in [5.74, 6) is 1.07. The van der Waals surface area contributed by atoms with E-state index in [2.05, 4.69) is 21.3 Å². The van der Waals surface area contributed by atoms with Crippen molar-refractivity contribution in [3.63, 3.8) is 0 Å². The van der Waals surface area contributed by atoms with E-state index in [-0.39, 0.29) is 41.1 Å². The summed E-state index contributed by atoms with van der Waals surface area (Å²) in [5.41, 5.74) is -1.10. The minimum absolute atomic E-state index is 0.0188. The van der Waals surface area contributed by atoms with Crippen LogP contribution in [0.4, 0.5) is 4.79 Å². The molecule has 0 aromatic heterocycles. The molecule has 0 unspecified atom stereocenters. The van der Waals surface area contributed by atoms with Gasteiger partial charge in [0.1, 0.15) is 0 Å². The predicted octanol–water partition coefficient (Wildman–Crippen LogP) is 3.36. The zero-order chi connectivity index (χ0) is 27.7. The Kier molecular flexibility index (Phi) is 12.0. The molecule has 0 spiro atoms. The molecule has 37 heavy (non-hydrogen) atoms. The lowest BCUT2D eigenvalue weighted by Gasteiger charge is -2.30. The number of carbonyl (C=O) groups excluding carboxylic acids is 3. The fraction of sp³-hybridized carbons (Fsp3) is 0.889. The SMILES string of the molecule is CC(C)(CCNC(=O)CCCC[C@@H]1SC[C@@H]2NC(=O)N[C@@H]21)OCCC(C)(C)OCCNC(=O)C(C)(C)C. The fourth-order valence-electron chi connectivity index (χ4n) is 4.34. The number of hydrogen-bond donors (Lipinski definition) is 4. The zero-order valence-electron chi connectivity index (χ0n) is 24.0. The molecule has 214 valence electrons. The molecule has 2 heterocycles. The largest absolute Gasteiger partial charge is 0.375 e. The van der Waals surface area contributed by atoms with Crippen LogP contribution in [0.3, 0.4) is 0 Å². The molecule has 2 rings (SSSR count). The van der Waals surface area contributed by atoms with Crippen LogP contribution in [0.25, 0.3) is 0 Å². The lowest BCUT2D eigenvalue weighted by atomic mass is 9.96. The molecule has 2 aliphatic rings. The Morgan fingerprint density at radius 3 is 2.30 bits per heavy atom. The molecule has 0 aromatic rings. The number of rotatable bonds is 16. The van der Waals surface area contributed by atoms with Crippen molar-refractivity contribution in [2.24, 2.45) is 5.41 Å². The summed E-state index contributed by atoms with van der Waals surface area (Å²) < 4.78 is 12.0. The highest BCUT2D eigenvalue weighted by Crippen LogP contribution is 2.33. The number of hydrogen-bond acceptors (Lipinski definition) is 6. The van der Waals surface area contributed by atoms with Crippen molar-refractivity contribution in [1.82, 2.24) is 21.3 Å². The van der Waals surface area contributed by atoms with Gasteiger partial charge in [-0.1, -0.05) is 27.2 Å². The number of unbranched alkanes of at least 4 members (excludes halogenated alkanes) is 1. The number of carbonyl (C=O) groups is 3. The average molecular weight is 543 g/mol. The van der Waals surface area contributed by atoms with E-state index in [1.165, 1.54) is 0 Å². The molecule has 0 aliphatic carbocycles. The molecular weight excluding hydrogens is 492 g/mol. The van der Waals surface area contributed by atoms with E-state index < -0.39 is 5.41 Å².